The summed E-state index contributed by atoms with van der Waals surface area (Å²) in [5.74, 6) is 1.53. The molecule has 2 saturated carbocycles. The van der Waals surface area contributed by atoms with Crippen molar-refractivity contribution in [2.45, 2.75) is 50.7 Å². The van der Waals surface area contributed by atoms with Crippen molar-refractivity contribution in [1.82, 2.24) is 4.90 Å². The third kappa shape index (κ3) is 1.80. The van der Waals surface area contributed by atoms with E-state index in [-0.39, 0.29) is 17.1 Å². The molecular formula is C15H23NO2. The Kier molecular flexibility index (Phi) is 2.60. The van der Waals surface area contributed by atoms with Gasteiger partial charge in [-0.3, -0.25) is 4.79 Å². The summed E-state index contributed by atoms with van der Waals surface area (Å²) in [6.45, 7) is 9.26. The minimum atomic E-state index is -0.235. The van der Waals surface area contributed by atoms with Gasteiger partial charge in [0.05, 0.1) is 17.7 Å². The van der Waals surface area contributed by atoms with E-state index in [1.54, 1.807) is 0 Å². The Morgan fingerprint density at radius 3 is 2.72 bits per heavy atom. The normalized spacial score (nSPS) is 41.3. The van der Waals surface area contributed by atoms with Gasteiger partial charge < -0.3 is 9.64 Å². The SMILES string of the molecule is C=CC(=O)N1CC(C)(C)O[C@@]2(C[C@@H]3CC[C@H]2C3)C1. The zero-order valence-corrected chi connectivity index (χ0v) is 11.4. The smallest absolute Gasteiger partial charge is 0.246 e. The van der Waals surface area contributed by atoms with Gasteiger partial charge in [0.25, 0.3) is 0 Å². The number of fused-ring (bicyclic) bond motifs is 3. The molecule has 2 bridgehead atoms. The third-order valence-corrected chi connectivity index (χ3v) is 4.92. The van der Waals surface area contributed by atoms with E-state index in [0.29, 0.717) is 12.5 Å². The summed E-state index contributed by atoms with van der Waals surface area (Å²) in [6, 6.07) is 0. The molecule has 1 saturated heterocycles. The molecule has 18 heavy (non-hydrogen) atoms. The number of carbonyl (C=O) groups is 1. The first-order valence-corrected chi connectivity index (χ1v) is 7.06. The summed E-state index contributed by atoms with van der Waals surface area (Å²) < 4.78 is 6.45. The Bertz CT molecular complexity index is 390. The standard InChI is InChI=1S/C15H23NO2/c1-4-13(17)16-9-14(2,3)18-15(10-16)8-11-5-6-12(15)7-11/h4,11-12H,1,5-10H2,2-3H3/t11-,12+,15+/m1/s1. The van der Waals surface area contributed by atoms with Crippen molar-refractivity contribution in [3.63, 3.8) is 0 Å². The fourth-order valence-electron chi connectivity index (χ4n) is 4.45. The zero-order valence-electron chi connectivity index (χ0n) is 11.4. The second-order valence-electron chi connectivity index (χ2n) is 6.91. The molecule has 3 atom stereocenters. The van der Waals surface area contributed by atoms with Crippen LogP contribution in [-0.4, -0.2) is 35.1 Å². The minimum Gasteiger partial charge on any atom is -0.365 e. The number of ether oxygens (including phenoxy) is 1. The molecule has 1 amide bonds. The van der Waals surface area contributed by atoms with Crippen molar-refractivity contribution in [3.05, 3.63) is 12.7 Å². The molecule has 2 aliphatic carbocycles. The number of hydrogen-bond donors (Lipinski definition) is 0. The quantitative estimate of drug-likeness (QED) is 0.668. The lowest BCUT2D eigenvalue weighted by molar-refractivity contribution is -0.216. The Balaban J connectivity index is 1.87. The Hall–Kier alpha value is -0.830. The monoisotopic (exact) mass is 249 g/mol. The van der Waals surface area contributed by atoms with Crippen LogP contribution in [0.2, 0.25) is 0 Å². The van der Waals surface area contributed by atoms with Crippen LogP contribution in [0.15, 0.2) is 12.7 Å². The maximum Gasteiger partial charge on any atom is 0.246 e. The highest BCUT2D eigenvalue weighted by Gasteiger charge is 2.57. The predicted octanol–water partition coefficient (Wildman–Crippen LogP) is 2.37. The largest absolute Gasteiger partial charge is 0.365 e. The lowest BCUT2D eigenvalue weighted by Crippen LogP contribution is -2.62. The van der Waals surface area contributed by atoms with Gasteiger partial charge in [-0.05, 0) is 57.4 Å². The highest BCUT2D eigenvalue weighted by Crippen LogP contribution is 2.55. The second kappa shape index (κ2) is 3.83. The molecule has 3 rings (SSSR count). The Morgan fingerprint density at radius 2 is 2.17 bits per heavy atom. The molecule has 1 spiro atoms. The summed E-state index contributed by atoms with van der Waals surface area (Å²) in [4.78, 5) is 13.9. The zero-order chi connectivity index (χ0) is 13.0. The van der Waals surface area contributed by atoms with E-state index in [0.717, 1.165) is 18.9 Å². The molecule has 100 valence electrons. The van der Waals surface area contributed by atoms with Crippen LogP contribution >= 0.6 is 0 Å². The number of morpholine rings is 1. The molecule has 0 unspecified atom stereocenters. The van der Waals surface area contributed by atoms with E-state index in [4.69, 9.17) is 4.74 Å². The van der Waals surface area contributed by atoms with E-state index in [2.05, 4.69) is 20.4 Å². The summed E-state index contributed by atoms with van der Waals surface area (Å²) in [5, 5.41) is 0. The van der Waals surface area contributed by atoms with Crippen molar-refractivity contribution in [3.8, 4) is 0 Å². The molecule has 0 radical (unpaired) electrons. The molecule has 1 aliphatic heterocycles. The van der Waals surface area contributed by atoms with E-state index >= 15 is 0 Å². The molecule has 1 heterocycles. The summed E-state index contributed by atoms with van der Waals surface area (Å²) in [6.07, 6.45) is 6.50. The molecule has 3 heteroatoms. The summed E-state index contributed by atoms with van der Waals surface area (Å²) in [5.41, 5.74) is -0.301. The Morgan fingerprint density at radius 1 is 1.39 bits per heavy atom. The Labute approximate surface area is 109 Å². The number of carbonyl (C=O) groups excluding carboxylic acids is 1. The molecule has 3 nitrogen and oxygen atoms in total. The number of hydrogen-bond acceptors (Lipinski definition) is 2. The van der Waals surface area contributed by atoms with Gasteiger partial charge in [0.15, 0.2) is 0 Å². The van der Waals surface area contributed by atoms with Crippen molar-refractivity contribution in [2.75, 3.05) is 13.1 Å². The lowest BCUT2D eigenvalue weighted by Gasteiger charge is -2.52. The molecule has 0 aromatic carbocycles. The van der Waals surface area contributed by atoms with Gasteiger partial charge in [0.2, 0.25) is 5.91 Å². The third-order valence-electron chi connectivity index (χ3n) is 4.92. The van der Waals surface area contributed by atoms with Crippen molar-refractivity contribution in [1.29, 1.82) is 0 Å². The maximum atomic E-state index is 12.0. The minimum absolute atomic E-state index is 0.0496. The van der Waals surface area contributed by atoms with Crippen LogP contribution in [0, 0.1) is 11.8 Å². The van der Waals surface area contributed by atoms with Gasteiger partial charge in [-0.1, -0.05) is 6.58 Å². The van der Waals surface area contributed by atoms with E-state index < -0.39 is 0 Å². The van der Waals surface area contributed by atoms with Crippen LogP contribution in [0.25, 0.3) is 0 Å². The first-order valence-electron chi connectivity index (χ1n) is 7.06. The fourth-order valence-corrected chi connectivity index (χ4v) is 4.45. The number of amides is 1. The van der Waals surface area contributed by atoms with Crippen LogP contribution in [0.1, 0.15) is 39.5 Å². The fraction of sp³-hybridized carbons (Fsp3) is 0.800. The van der Waals surface area contributed by atoms with Gasteiger partial charge in [0, 0.05) is 6.54 Å². The summed E-state index contributed by atoms with van der Waals surface area (Å²) in [7, 11) is 0. The van der Waals surface area contributed by atoms with Crippen LogP contribution in [0.5, 0.6) is 0 Å². The summed E-state index contributed by atoms with van der Waals surface area (Å²) >= 11 is 0. The van der Waals surface area contributed by atoms with Crippen molar-refractivity contribution >= 4 is 5.91 Å². The van der Waals surface area contributed by atoms with Crippen LogP contribution in [0.4, 0.5) is 0 Å². The van der Waals surface area contributed by atoms with Crippen molar-refractivity contribution in [2.24, 2.45) is 11.8 Å². The predicted molar refractivity (Wildman–Crippen MR) is 70.1 cm³/mol. The molecular weight excluding hydrogens is 226 g/mol. The second-order valence-corrected chi connectivity index (χ2v) is 6.91. The highest BCUT2D eigenvalue weighted by atomic mass is 16.5. The van der Waals surface area contributed by atoms with Crippen LogP contribution in [0.3, 0.4) is 0 Å². The topological polar surface area (TPSA) is 29.5 Å². The van der Waals surface area contributed by atoms with E-state index in [1.807, 2.05) is 4.90 Å². The first-order chi connectivity index (χ1) is 8.44. The average molecular weight is 249 g/mol. The first kappa shape index (κ1) is 12.2. The highest BCUT2D eigenvalue weighted by molar-refractivity contribution is 5.87. The molecule has 0 aromatic heterocycles. The van der Waals surface area contributed by atoms with Gasteiger partial charge in [-0.15, -0.1) is 0 Å². The van der Waals surface area contributed by atoms with E-state index in [1.165, 1.54) is 25.3 Å². The number of nitrogens with zero attached hydrogens (tertiary/aromatic N) is 1. The van der Waals surface area contributed by atoms with Crippen LogP contribution < -0.4 is 0 Å². The lowest BCUT2D eigenvalue weighted by atomic mass is 9.81. The van der Waals surface area contributed by atoms with Gasteiger partial charge in [-0.2, -0.15) is 0 Å². The van der Waals surface area contributed by atoms with Gasteiger partial charge >= 0.3 is 0 Å². The molecule has 0 aromatic rings. The van der Waals surface area contributed by atoms with Crippen LogP contribution in [-0.2, 0) is 9.53 Å². The molecule has 3 fully saturated rings. The van der Waals surface area contributed by atoms with E-state index in [9.17, 15) is 4.79 Å². The maximum absolute atomic E-state index is 12.0. The molecule has 3 aliphatic rings. The van der Waals surface area contributed by atoms with Gasteiger partial charge in [-0.25, -0.2) is 0 Å². The molecule has 0 N–H and O–H groups in total. The number of rotatable bonds is 1. The average Bonchev–Trinajstić information content (AvgIpc) is 2.85. The van der Waals surface area contributed by atoms with Gasteiger partial charge in [0.1, 0.15) is 0 Å². The van der Waals surface area contributed by atoms with Crippen molar-refractivity contribution < 1.29 is 9.53 Å².